The van der Waals surface area contributed by atoms with Crippen LogP contribution in [0.4, 0.5) is 0 Å². The van der Waals surface area contributed by atoms with E-state index in [1.54, 1.807) is 0 Å². The second-order valence-corrected chi connectivity index (χ2v) is 31.5. The van der Waals surface area contributed by atoms with E-state index in [2.05, 4.69) is 55.4 Å². The van der Waals surface area contributed by atoms with Crippen LogP contribution in [0, 0.1) is 23.7 Å². The van der Waals surface area contributed by atoms with Gasteiger partial charge >= 0.3 is 39.5 Å². The summed E-state index contributed by atoms with van der Waals surface area (Å²) in [6.45, 7) is 14.2. The zero-order chi connectivity index (χ0) is 70.3. The molecule has 0 amide bonds. The fourth-order valence-electron chi connectivity index (χ4n) is 11.5. The maximum Gasteiger partial charge on any atom is 0.472 e. The van der Waals surface area contributed by atoms with Gasteiger partial charge in [0.2, 0.25) is 0 Å². The van der Waals surface area contributed by atoms with Crippen molar-refractivity contribution >= 4 is 39.5 Å². The lowest BCUT2D eigenvalue weighted by atomic mass is 9.99. The average Bonchev–Trinajstić information content (AvgIpc) is 1.24. The SMILES string of the molecule is CCC(C)CCCCCCCCCCCCC(=O)O[C@H](COC(=O)CCCCCCCCCCCCCCCCCCC(C)C)COP(=O)(O)OC[C@@H](O)COP(=O)(O)OC[C@@H](COC(=O)CCCCCCCCC(C)CC)OC(=O)CCCCCCCCCCC(C)CC. The van der Waals surface area contributed by atoms with E-state index in [1.165, 1.54) is 180 Å². The van der Waals surface area contributed by atoms with Gasteiger partial charge in [-0.3, -0.25) is 37.3 Å². The normalized spacial score (nSPS) is 15.0. The monoisotopic (exact) mass is 1400 g/mol. The molecule has 0 aromatic carbocycles. The van der Waals surface area contributed by atoms with Gasteiger partial charge in [0.1, 0.15) is 19.3 Å². The number of aliphatic hydroxyl groups excluding tert-OH is 1. The van der Waals surface area contributed by atoms with Crippen LogP contribution in [0.15, 0.2) is 0 Å². The van der Waals surface area contributed by atoms with Crippen LogP contribution in [-0.2, 0) is 65.4 Å². The van der Waals surface area contributed by atoms with E-state index in [0.29, 0.717) is 25.7 Å². The van der Waals surface area contributed by atoms with E-state index in [4.69, 9.17) is 37.0 Å². The van der Waals surface area contributed by atoms with E-state index in [1.807, 2.05) is 0 Å². The Balaban J connectivity index is 5.24. The highest BCUT2D eigenvalue weighted by Crippen LogP contribution is 2.45. The Morgan fingerprint density at radius 1 is 0.295 bits per heavy atom. The first-order valence-corrected chi connectivity index (χ1v) is 42.3. The van der Waals surface area contributed by atoms with Gasteiger partial charge in [-0.15, -0.1) is 0 Å². The maximum absolute atomic E-state index is 13.1. The van der Waals surface area contributed by atoms with Crippen molar-refractivity contribution in [2.45, 2.75) is 401 Å². The molecule has 0 saturated heterocycles. The van der Waals surface area contributed by atoms with Crippen molar-refractivity contribution in [1.29, 1.82) is 0 Å². The molecule has 564 valence electrons. The number of phosphoric ester groups is 2. The summed E-state index contributed by atoms with van der Waals surface area (Å²) in [5.74, 6) is 0.992. The van der Waals surface area contributed by atoms with Gasteiger partial charge in [0.05, 0.1) is 26.4 Å². The highest BCUT2D eigenvalue weighted by molar-refractivity contribution is 7.47. The van der Waals surface area contributed by atoms with Gasteiger partial charge in [-0.25, -0.2) is 9.13 Å². The minimum absolute atomic E-state index is 0.104. The first kappa shape index (κ1) is 93.1. The Morgan fingerprint density at radius 3 is 0.747 bits per heavy atom. The third-order valence-corrected chi connectivity index (χ3v) is 20.6. The molecule has 8 atom stereocenters. The van der Waals surface area contributed by atoms with Crippen molar-refractivity contribution < 1.29 is 80.2 Å². The zero-order valence-electron chi connectivity index (χ0n) is 62.3. The Morgan fingerprint density at radius 2 is 0.505 bits per heavy atom. The lowest BCUT2D eigenvalue weighted by Gasteiger charge is -2.21. The van der Waals surface area contributed by atoms with Crippen LogP contribution in [-0.4, -0.2) is 96.7 Å². The van der Waals surface area contributed by atoms with Gasteiger partial charge in [0, 0.05) is 25.7 Å². The van der Waals surface area contributed by atoms with Crippen LogP contribution in [0.1, 0.15) is 383 Å². The number of carbonyl (C=O) groups is 4. The largest absolute Gasteiger partial charge is 0.472 e. The summed E-state index contributed by atoms with van der Waals surface area (Å²) in [6, 6.07) is 0. The molecule has 0 bridgehead atoms. The van der Waals surface area contributed by atoms with Crippen LogP contribution in [0.25, 0.3) is 0 Å². The molecule has 0 aliphatic heterocycles. The Hall–Kier alpha value is -1.94. The summed E-state index contributed by atoms with van der Waals surface area (Å²) in [5.41, 5.74) is 0. The third kappa shape index (κ3) is 66.4. The van der Waals surface area contributed by atoms with Gasteiger partial charge in [-0.2, -0.15) is 0 Å². The number of carbonyl (C=O) groups excluding carboxylic acids is 4. The first-order valence-electron chi connectivity index (χ1n) is 39.3. The number of esters is 4. The number of rotatable bonds is 73. The summed E-state index contributed by atoms with van der Waals surface area (Å²) < 4.78 is 68.5. The van der Waals surface area contributed by atoms with Crippen molar-refractivity contribution in [3.8, 4) is 0 Å². The van der Waals surface area contributed by atoms with Crippen molar-refractivity contribution in [1.82, 2.24) is 0 Å². The first-order chi connectivity index (χ1) is 45.7. The molecule has 3 N–H and O–H groups in total. The molecule has 0 aromatic heterocycles. The highest BCUT2D eigenvalue weighted by Gasteiger charge is 2.30. The summed E-state index contributed by atoms with van der Waals surface area (Å²) in [6.07, 6.45) is 49.9. The molecule has 0 saturated carbocycles. The molecular formula is C76H148O17P2. The molecule has 17 nitrogen and oxygen atoms in total. The topological polar surface area (TPSA) is 237 Å². The van der Waals surface area contributed by atoms with Gasteiger partial charge in [0.15, 0.2) is 12.2 Å². The van der Waals surface area contributed by atoms with Crippen molar-refractivity contribution in [3.05, 3.63) is 0 Å². The summed E-state index contributed by atoms with van der Waals surface area (Å²) in [4.78, 5) is 72.8. The van der Waals surface area contributed by atoms with E-state index in [0.717, 1.165) is 120 Å². The molecule has 0 radical (unpaired) electrons. The lowest BCUT2D eigenvalue weighted by molar-refractivity contribution is -0.161. The molecule has 19 heteroatoms. The van der Waals surface area contributed by atoms with E-state index >= 15 is 0 Å². The number of unbranched alkanes of at least 4 members (excludes halogenated alkanes) is 36. The predicted molar refractivity (Wildman–Crippen MR) is 386 cm³/mol. The van der Waals surface area contributed by atoms with Gasteiger partial charge in [-0.1, -0.05) is 331 Å². The summed E-state index contributed by atoms with van der Waals surface area (Å²) in [7, 11) is -9.91. The minimum atomic E-state index is -4.96. The second-order valence-electron chi connectivity index (χ2n) is 28.6. The van der Waals surface area contributed by atoms with E-state index in [9.17, 15) is 43.2 Å². The molecule has 0 aliphatic rings. The van der Waals surface area contributed by atoms with Gasteiger partial charge in [0.25, 0.3) is 0 Å². The highest BCUT2D eigenvalue weighted by atomic mass is 31.2. The van der Waals surface area contributed by atoms with Gasteiger partial charge in [-0.05, 0) is 49.4 Å². The fraction of sp³-hybridized carbons (Fsp3) is 0.947. The van der Waals surface area contributed by atoms with E-state index in [-0.39, 0.29) is 25.7 Å². The Kier molecular flexibility index (Phi) is 64.0. The number of aliphatic hydroxyl groups is 1. The van der Waals surface area contributed by atoms with Crippen LogP contribution in [0.3, 0.4) is 0 Å². The molecular weight excluding hydrogens is 1250 g/mol. The lowest BCUT2D eigenvalue weighted by Crippen LogP contribution is -2.30. The number of hydrogen-bond acceptors (Lipinski definition) is 15. The minimum Gasteiger partial charge on any atom is -0.462 e. The molecule has 0 fully saturated rings. The number of ether oxygens (including phenoxy) is 4. The maximum atomic E-state index is 13.1. The quantitative estimate of drug-likeness (QED) is 0.0222. The number of phosphoric acid groups is 2. The molecule has 0 rings (SSSR count). The summed E-state index contributed by atoms with van der Waals surface area (Å²) >= 11 is 0. The Labute approximate surface area is 581 Å². The van der Waals surface area contributed by atoms with Crippen LogP contribution in [0.2, 0.25) is 0 Å². The van der Waals surface area contributed by atoms with Crippen molar-refractivity contribution in [2.75, 3.05) is 39.6 Å². The molecule has 95 heavy (non-hydrogen) atoms. The molecule has 5 unspecified atom stereocenters. The van der Waals surface area contributed by atoms with Crippen LogP contribution < -0.4 is 0 Å². The standard InChI is InChI=1S/C76H148O17P2/c1-9-67(6)53-45-37-29-23-20-21-25-32-42-50-58-75(80)92-71(62-86-73(78)56-48-40-31-24-19-17-15-13-12-14-16-18-22-28-36-44-52-66(4)5)64-90-94(82,83)88-60-70(77)61-89-95(84,85)91-65-72(63-87-74(79)57-49-41-35-34-39-47-55-69(8)11-3)93-76(81)59-51-43-33-27-26-30-38-46-54-68(7)10-2/h66-72,77H,9-65H2,1-8H3,(H,82,83)(H,84,85)/t67?,68?,69?,70-,71-,72-/m1/s1. The molecule has 0 heterocycles. The second kappa shape index (κ2) is 65.4. The van der Waals surface area contributed by atoms with E-state index < -0.39 is 97.5 Å². The predicted octanol–water partition coefficient (Wildman–Crippen LogP) is 22.0. The average molecular weight is 1400 g/mol. The van der Waals surface area contributed by atoms with Crippen LogP contribution >= 0.6 is 15.6 Å². The fourth-order valence-corrected chi connectivity index (χ4v) is 13.0. The van der Waals surface area contributed by atoms with Gasteiger partial charge < -0.3 is 33.8 Å². The molecule has 0 spiro atoms. The molecule has 0 aromatic rings. The Bertz CT molecular complexity index is 1870. The molecule has 0 aliphatic carbocycles. The third-order valence-electron chi connectivity index (χ3n) is 18.7. The smallest absolute Gasteiger partial charge is 0.462 e. The van der Waals surface area contributed by atoms with Crippen LogP contribution in [0.5, 0.6) is 0 Å². The zero-order valence-corrected chi connectivity index (χ0v) is 64.1. The van der Waals surface area contributed by atoms with Crippen molar-refractivity contribution in [2.24, 2.45) is 23.7 Å². The number of hydrogen-bond donors (Lipinski definition) is 3. The van der Waals surface area contributed by atoms with Crippen molar-refractivity contribution in [3.63, 3.8) is 0 Å². The summed E-state index contributed by atoms with van der Waals surface area (Å²) in [5, 5.41) is 10.6.